The number of ether oxygens (including phenoxy) is 3. The first-order valence-electron chi connectivity index (χ1n) is 16.7. The molecule has 2 atom stereocenters. The van der Waals surface area contributed by atoms with Crippen LogP contribution in [0.5, 0.6) is 17.2 Å². The SMILES string of the molecule is CCN1CC(=O)N[C@H]2CCN(C(=O)CCn3cnc4ccccc4c3=O)C[C@@H]2OCc2cccc(c2)Oc2cc(ccc2OC)CCC1=O. The number of nitrogens with one attached hydrogen (secondary N) is 1. The number of piperidine rings is 1. The van der Waals surface area contributed by atoms with Gasteiger partial charge in [0.15, 0.2) is 11.5 Å². The van der Waals surface area contributed by atoms with Crippen molar-refractivity contribution in [3.05, 3.63) is 94.5 Å². The highest BCUT2D eigenvalue weighted by Crippen LogP contribution is 2.33. The molecule has 12 nitrogen and oxygen atoms in total. The average molecular weight is 668 g/mol. The lowest BCUT2D eigenvalue weighted by atomic mass is 10.0. The molecule has 0 radical (unpaired) electrons. The number of benzene rings is 3. The van der Waals surface area contributed by atoms with Crippen molar-refractivity contribution >= 4 is 28.6 Å². The number of hydrogen-bond acceptors (Lipinski definition) is 8. The maximum Gasteiger partial charge on any atom is 0.261 e. The summed E-state index contributed by atoms with van der Waals surface area (Å²) in [5.41, 5.74) is 2.19. The van der Waals surface area contributed by atoms with E-state index in [1.165, 1.54) is 10.9 Å². The van der Waals surface area contributed by atoms with Gasteiger partial charge in [0, 0.05) is 39.0 Å². The van der Waals surface area contributed by atoms with E-state index >= 15 is 0 Å². The summed E-state index contributed by atoms with van der Waals surface area (Å²) < 4.78 is 19.7. The van der Waals surface area contributed by atoms with Crippen LogP contribution in [0.15, 0.2) is 77.9 Å². The second-order valence-electron chi connectivity index (χ2n) is 12.3. The van der Waals surface area contributed by atoms with Crippen LogP contribution in [0.1, 0.15) is 37.3 Å². The predicted molar refractivity (Wildman–Crippen MR) is 182 cm³/mol. The molecule has 4 bridgehead atoms. The third-order valence-corrected chi connectivity index (χ3v) is 9.07. The summed E-state index contributed by atoms with van der Waals surface area (Å²) in [6.07, 6.45) is 2.25. The van der Waals surface area contributed by atoms with Gasteiger partial charge in [-0.1, -0.05) is 30.3 Å². The van der Waals surface area contributed by atoms with Gasteiger partial charge < -0.3 is 29.3 Å². The molecule has 12 heteroatoms. The largest absolute Gasteiger partial charge is 0.493 e. The van der Waals surface area contributed by atoms with Crippen LogP contribution in [0, 0.1) is 0 Å². The summed E-state index contributed by atoms with van der Waals surface area (Å²) in [6, 6.07) is 19.9. The number of carbonyl (C=O) groups excluding carboxylic acids is 3. The Morgan fingerprint density at radius 1 is 1.02 bits per heavy atom. The van der Waals surface area contributed by atoms with Crippen molar-refractivity contribution in [3.8, 4) is 17.2 Å². The average Bonchev–Trinajstić information content (AvgIpc) is 3.12. The summed E-state index contributed by atoms with van der Waals surface area (Å²) in [5, 5.41) is 3.59. The van der Waals surface area contributed by atoms with Crippen LogP contribution in [0.4, 0.5) is 0 Å². The van der Waals surface area contributed by atoms with Crippen molar-refractivity contribution < 1.29 is 28.6 Å². The van der Waals surface area contributed by atoms with Crippen molar-refractivity contribution in [2.24, 2.45) is 0 Å². The molecule has 4 aromatic rings. The fraction of sp³-hybridized carbons (Fsp3) is 0.378. The zero-order chi connectivity index (χ0) is 34.3. The molecule has 1 fully saturated rings. The molecule has 2 aliphatic heterocycles. The fourth-order valence-electron chi connectivity index (χ4n) is 6.31. The highest BCUT2D eigenvalue weighted by Gasteiger charge is 2.34. The zero-order valence-corrected chi connectivity index (χ0v) is 27.8. The van der Waals surface area contributed by atoms with Gasteiger partial charge in [0.2, 0.25) is 17.7 Å². The van der Waals surface area contributed by atoms with Gasteiger partial charge >= 0.3 is 0 Å². The number of fused-ring (bicyclic) bond motifs is 6. The third kappa shape index (κ3) is 8.09. The highest BCUT2D eigenvalue weighted by molar-refractivity contribution is 5.85. The third-order valence-electron chi connectivity index (χ3n) is 9.07. The molecular formula is C37H41N5O7. The number of aromatic nitrogens is 2. The molecule has 0 aliphatic carbocycles. The second kappa shape index (κ2) is 15.3. The molecule has 49 heavy (non-hydrogen) atoms. The van der Waals surface area contributed by atoms with Gasteiger partial charge in [0.05, 0.1) is 49.6 Å². The highest BCUT2D eigenvalue weighted by atomic mass is 16.5. The summed E-state index contributed by atoms with van der Waals surface area (Å²) in [7, 11) is 1.58. The van der Waals surface area contributed by atoms with Gasteiger partial charge in [-0.05, 0) is 67.3 Å². The zero-order valence-electron chi connectivity index (χ0n) is 27.8. The Bertz CT molecular complexity index is 1890. The first-order chi connectivity index (χ1) is 23.8. The molecule has 1 saturated heterocycles. The number of methoxy groups -OCH3 is 1. The number of carbonyl (C=O) groups is 3. The minimum Gasteiger partial charge on any atom is -0.493 e. The van der Waals surface area contributed by atoms with E-state index in [9.17, 15) is 19.2 Å². The number of aryl methyl sites for hydroxylation is 2. The Balaban J connectivity index is 1.20. The van der Waals surface area contributed by atoms with Crippen molar-refractivity contribution in [2.75, 3.05) is 33.3 Å². The lowest BCUT2D eigenvalue weighted by Gasteiger charge is -2.39. The molecule has 2 aliphatic rings. The lowest BCUT2D eigenvalue weighted by Crippen LogP contribution is -2.57. The van der Waals surface area contributed by atoms with E-state index in [1.807, 2.05) is 55.5 Å². The summed E-state index contributed by atoms with van der Waals surface area (Å²) in [6.45, 7) is 3.24. The lowest BCUT2D eigenvalue weighted by molar-refractivity contribution is -0.140. The monoisotopic (exact) mass is 667 g/mol. The van der Waals surface area contributed by atoms with Crippen molar-refractivity contribution in [3.63, 3.8) is 0 Å². The molecule has 3 aromatic carbocycles. The number of amides is 3. The summed E-state index contributed by atoms with van der Waals surface area (Å²) >= 11 is 0. The van der Waals surface area contributed by atoms with Crippen LogP contribution < -0.4 is 20.3 Å². The minimum absolute atomic E-state index is 0.0746. The molecule has 6 rings (SSSR count). The van der Waals surface area contributed by atoms with Crippen LogP contribution in [-0.2, 0) is 38.7 Å². The maximum absolute atomic E-state index is 13.4. The van der Waals surface area contributed by atoms with Crippen LogP contribution in [0.3, 0.4) is 0 Å². The molecule has 0 spiro atoms. The molecule has 1 N–H and O–H groups in total. The molecule has 0 unspecified atom stereocenters. The first kappa shape index (κ1) is 33.7. The normalized spacial score (nSPS) is 18.9. The van der Waals surface area contributed by atoms with Gasteiger partial charge in [0.25, 0.3) is 5.56 Å². The van der Waals surface area contributed by atoms with E-state index < -0.39 is 6.10 Å². The number of nitrogens with zero attached hydrogens (tertiary/aromatic N) is 4. The Morgan fingerprint density at radius 2 is 1.88 bits per heavy atom. The fourth-order valence-corrected chi connectivity index (χ4v) is 6.31. The molecular weight excluding hydrogens is 626 g/mol. The van der Waals surface area contributed by atoms with E-state index in [-0.39, 0.29) is 68.4 Å². The standard InChI is InChI=1S/C37H41N5O7/c1-3-40-22-34(43)39-30-15-17-41(36(45)16-18-42-24-38-29-10-5-4-9-28(29)37(42)46)21-33(30)48-23-26-7-6-8-27(19-26)49-32-20-25(12-14-35(40)44)11-13-31(32)47-2/h4-11,13,19-20,24,30,33H,3,12,14-18,21-23H2,1-2H3,(H,39,43)/t30-,33-/m0/s1. The number of rotatable bonds is 5. The Hall–Kier alpha value is -5.23. The Labute approximate surface area is 284 Å². The number of likely N-dealkylation sites (N-methyl/N-ethyl adjacent to an activating group) is 1. The van der Waals surface area contributed by atoms with Gasteiger partial charge in [-0.15, -0.1) is 0 Å². The molecule has 0 saturated carbocycles. The Morgan fingerprint density at radius 3 is 2.71 bits per heavy atom. The number of likely N-dealkylation sites (tertiary alicyclic amines) is 1. The summed E-state index contributed by atoms with van der Waals surface area (Å²) in [4.78, 5) is 60.5. The van der Waals surface area contributed by atoms with Crippen molar-refractivity contribution in [2.45, 2.75) is 57.9 Å². The van der Waals surface area contributed by atoms with Crippen molar-refractivity contribution in [1.29, 1.82) is 0 Å². The van der Waals surface area contributed by atoms with E-state index in [0.717, 1.165) is 11.1 Å². The van der Waals surface area contributed by atoms with Gasteiger partial charge in [-0.3, -0.25) is 23.7 Å². The van der Waals surface area contributed by atoms with Crippen LogP contribution >= 0.6 is 0 Å². The quantitative estimate of drug-likeness (QED) is 0.341. The molecule has 3 amide bonds. The Kier molecular flexibility index (Phi) is 10.5. The number of para-hydroxylation sites is 1. The minimum atomic E-state index is -0.516. The van der Waals surface area contributed by atoms with E-state index in [1.54, 1.807) is 35.1 Å². The van der Waals surface area contributed by atoms with Crippen LogP contribution in [0.2, 0.25) is 0 Å². The molecule has 3 heterocycles. The van der Waals surface area contributed by atoms with Crippen LogP contribution in [0.25, 0.3) is 10.9 Å². The molecule has 256 valence electrons. The van der Waals surface area contributed by atoms with Crippen molar-refractivity contribution in [1.82, 2.24) is 24.7 Å². The first-order valence-corrected chi connectivity index (χ1v) is 16.7. The second-order valence-corrected chi connectivity index (χ2v) is 12.3. The number of hydrogen-bond donors (Lipinski definition) is 1. The predicted octanol–water partition coefficient (Wildman–Crippen LogP) is 3.68. The van der Waals surface area contributed by atoms with E-state index in [4.69, 9.17) is 14.2 Å². The smallest absolute Gasteiger partial charge is 0.261 e. The van der Waals surface area contributed by atoms with E-state index in [2.05, 4.69) is 10.3 Å². The van der Waals surface area contributed by atoms with E-state index in [0.29, 0.717) is 54.1 Å². The summed E-state index contributed by atoms with van der Waals surface area (Å²) in [5.74, 6) is 1.16. The van der Waals surface area contributed by atoms with Gasteiger partial charge in [-0.25, -0.2) is 4.98 Å². The maximum atomic E-state index is 13.4. The topological polar surface area (TPSA) is 132 Å². The van der Waals surface area contributed by atoms with Gasteiger partial charge in [-0.2, -0.15) is 0 Å². The van der Waals surface area contributed by atoms with Gasteiger partial charge in [0.1, 0.15) is 5.75 Å². The molecule has 1 aromatic heterocycles. The van der Waals surface area contributed by atoms with Crippen LogP contribution in [-0.4, -0.2) is 82.5 Å².